The Morgan fingerprint density at radius 1 is 0.900 bits per heavy atom. The lowest BCUT2D eigenvalue weighted by Crippen LogP contribution is -2.59. The van der Waals surface area contributed by atoms with Gasteiger partial charge in [0.15, 0.2) is 0 Å². The molecule has 1 saturated heterocycles. The van der Waals surface area contributed by atoms with Crippen molar-refractivity contribution >= 4 is 23.7 Å². The van der Waals surface area contributed by atoms with Crippen LogP contribution in [-0.4, -0.2) is 60.2 Å². The second kappa shape index (κ2) is 8.45. The van der Waals surface area contributed by atoms with Gasteiger partial charge < -0.3 is 15.1 Å². The zero-order valence-corrected chi connectivity index (χ0v) is 18.5. The van der Waals surface area contributed by atoms with Crippen molar-refractivity contribution in [1.82, 2.24) is 15.1 Å². The Bertz CT molecular complexity index is 741. The third kappa shape index (κ3) is 4.08. The minimum absolute atomic E-state index is 0.00515. The normalized spacial score (nSPS) is 32.3. The predicted molar refractivity (Wildman–Crippen MR) is 119 cm³/mol. The summed E-state index contributed by atoms with van der Waals surface area (Å²) in [6.07, 6.45) is 7.46. The van der Waals surface area contributed by atoms with Crippen LogP contribution < -0.4 is 5.32 Å². The van der Waals surface area contributed by atoms with Crippen LogP contribution in [0, 0.1) is 23.2 Å². The number of thioether (sulfide) groups is 1. The summed E-state index contributed by atoms with van der Waals surface area (Å²) < 4.78 is 0. The standard InChI is InChI=1S/C24H33N3O2S/c28-22(24-15-18-12-19(16-24)14-20(13-18)17-24)26-7-9-27(10-8-26)23(29)25-6-11-30-21-4-2-1-3-5-21/h1-5,18-20H,6-17H2,(H,25,29). The molecule has 4 bridgehead atoms. The zero-order valence-electron chi connectivity index (χ0n) is 17.7. The van der Waals surface area contributed by atoms with Gasteiger partial charge in [-0.1, -0.05) is 18.2 Å². The lowest BCUT2D eigenvalue weighted by atomic mass is 9.49. The van der Waals surface area contributed by atoms with E-state index < -0.39 is 0 Å². The number of carbonyl (C=O) groups excluding carboxylic acids is 2. The van der Waals surface area contributed by atoms with E-state index in [0.29, 0.717) is 38.6 Å². The number of urea groups is 1. The molecule has 4 saturated carbocycles. The number of carbonyl (C=O) groups is 2. The Labute approximate surface area is 183 Å². The Balaban J connectivity index is 1.07. The average molecular weight is 428 g/mol. The number of rotatable bonds is 5. The van der Waals surface area contributed by atoms with E-state index in [2.05, 4.69) is 22.3 Å². The van der Waals surface area contributed by atoms with E-state index in [-0.39, 0.29) is 11.4 Å². The van der Waals surface area contributed by atoms with Crippen molar-refractivity contribution < 1.29 is 9.59 Å². The summed E-state index contributed by atoms with van der Waals surface area (Å²) in [6, 6.07) is 10.3. The van der Waals surface area contributed by atoms with E-state index in [1.54, 1.807) is 11.8 Å². The van der Waals surface area contributed by atoms with Crippen LogP contribution in [0.3, 0.4) is 0 Å². The Morgan fingerprint density at radius 3 is 2.07 bits per heavy atom. The van der Waals surface area contributed by atoms with Crippen molar-refractivity contribution in [2.24, 2.45) is 23.2 Å². The lowest BCUT2D eigenvalue weighted by Gasteiger charge is -2.57. The van der Waals surface area contributed by atoms with Crippen molar-refractivity contribution in [3.05, 3.63) is 30.3 Å². The maximum Gasteiger partial charge on any atom is 0.317 e. The minimum Gasteiger partial charge on any atom is -0.339 e. The summed E-state index contributed by atoms with van der Waals surface area (Å²) in [5.74, 6) is 3.64. The Hall–Kier alpha value is -1.69. The van der Waals surface area contributed by atoms with Crippen LogP contribution in [0.25, 0.3) is 0 Å². The monoisotopic (exact) mass is 427 g/mol. The summed E-state index contributed by atoms with van der Waals surface area (Å²) in [7, 11) is 0. The molecule has 0 aromatic heterocycles. The minimum atomic E-state index is -0.0617. The number of piperazine rings is 1. The first-order valence-corrected chi connectivity index (χ1v) is 12.6. The number of hydrogen-bond acceptors (Lipinski definition) is 3. The first kappa shape index (κ1) is 20.2. The molecule has 1 aliphatic heterocycles. The van der Waals surface area contributed by atoms with Gasteiger partial charge in [0, 0.05) is 43.4 Å². The second-order valence-electron chi connectivity index (χ2n) is 9.87. The van der Waals surface area contributed by atoms with Gasteiger partial charge in [-0.15, -0.1) is 11.8 Å². The first-order chi connectivity index (χ1) is 14.6. The van der Waals surface area contributed by atoms with Gasteiger partial charge >= 0.3 is 6.03 Å². The molecule has 0 radical (unpaired) electrons. The third-order valence-electron chi connectivity index (χ3n) is 7.74. The molecule has 5 nitrogen and oxygen atoms in total. The third-order valence-corrected chi connectivity index (χ3v) is 8.75. The first-order valence-electron chi connectivity index (χ1n) is 11.6. The number of hydrogen-bond donors (Lipinski definition) is 1. The number of amides is 3. The van der Waals surface area contributed by atoms with E-state index in [0.717, 1.165) is 42.8 Å². The zero-order chi connectivity index (χ0) is 20.6. The molecule has 3 amide bonds. The number of nitrogens with zero attached hydrogens (tertiary/aromatic N) is 2. The van der Waals surface area contributed by atoms with Crippen molar-refractivity contribution in [2.75, 3.05) is 38.5 Å². The fourth-order valence-electron chi connectivity index (χ4n) is 6.78. The quantitative estimate of drug-likeness (QED) is 0.574. The molecule has 1 aromatic carbocycles. The molecule has 0 atom stereocenters. The molecule has 1 heterocycles. The van der Waals surface area contributed by atoms with Gasteiger partial charge in [0.2, 0.25) is 5.91 Å². The molecule has 4 aliphatic carbocycles. The molecule has 30 heavy (non-hydrogen) atoms. The summed E-state index contributed by atoms with van der Waals surface area (Å²) in [5, 5.41) is 3.04. The van der Waals surface area contributed by atoms with Gasteiger partial charge in [-0.3, -0.25) is 4.79 Å². The molecule has 5 fully saturated rings. The maximum absolute atomic E-state index is 13.5. The van der Waals surface area contributed by atoms with Crippen molar-refractivity contribution in [3.8, 4) is 0 Å². The summed E-state index contributed by atoms with van der Waals surface area (Å²) in [5.41, 5.74) is -0.0617. The van der Waals surface area contributed by atoms with E-state index in [9.17, 15) is 9.59 Å². The van der Waals surface area contributed by atoms with Gasteiger partial charge in [-0.2, -0.15) is 0 Å². The van der Waals surface area contributed by atoms with Gasteiger partial charge in [0.25, 0.3) is 0 Å². The Kier molecular flexibility index (Phi) is 5.69. The molecule has 5 aliphatic rings. The predicted octanol–water partition coefficient (Wildman–Crippen LogP) is 3.85. The van der Waals surface area contributed by atoms with Gasteiger partial charge in [-0.25, -0.2) is 4.79 Å². The topological polar surface area (TPSA) is 52.7 Å². The van der Waals surface area contributed by atoms with Crippen LogP contribution >= 0.6 is 11.8 Å². The van der Waals surface area contributed by atoms with Crippen molar-refractivity contribution in [1.29, 1.82) is 0 Å². The van der Waals surface area contributed by atoms with E-state index in [1.807, 2.05) is 23.1 Å². The molecular formula is C24H33N3O2S. The molecule has 162 valence electrons. The highest BCUT2D eigenvalue weighted by Gasteiger charge is 2.55. The fraction of sp³-hybridized carbons (Fsp3) is 0.667. The highest BCUT2D eigenvalue weighted by atomic mass is 32.2. The van der Waals surface area contributed by atoms with Crippen LogP contribution in [0.15, 0.2) is 35.2 Å². The fourth-order valence-corrected chi connectivity index (χ4v) is 7.57. The number of benzene rings is 1. The molecule has 0 spiro atoms. The summed E-state index contributed by atoms with van der Waals surface area (Å²) >= 11 is 1.75. The molecule has 6 rings (SSSR count). The van der Waals surface area contributed by atoms with Gasteiger partial charge in [0.05, 0.1) is 5.41 Å². The average Bonchev–Trinajstić information content (AvgIpc) is 2.76. The van der Waals surface area contributed by atoms with Crippen LogP contribution in [0.5, 0.6) is 0 Å². The van der Waals surface area contributed by atoms with Crippen LogP contribution in [0.2, 0.25) is 0 Å². The molecule has 1 N–H and O–H groups in total. The smallest absolute Gasteiger partial charge is 0.317 e. The van der Waals surface area contributed by atoms with E-state index in [1.165, 1.54) is 24.2 Å². The Morgan fingerprint density at radius 2 is 1.47 bits per heavy atom. The van der Waals surface area contributed by atoms with Crippen LogP contribution in [0.4, 0.5) is 4.79 Å². The SMILES string of the molecule is O=C(NCCSc1ccccc1)N1CCN(C(=O)C23CC4CC(CC(C4)C2)C3)CC1. The highest BCUT2D eigenvalue weighted by Crippen LogP contribution is 2.60. The van der Waals surface area contributed by atoms with E-state index >= 15 is 0 Å². The summed E-state index contributed by atoms with van der Waals surface area (Å²) in [6.45, 7) is 3.33. The summed E-state index contributed by atoms with van der Waals surface area (Å²) in [4.78, 5) is 31.2. The molecule has 0 unspecified atom stereocenters. The largest absolute Gasteiger partial charge is 0.339 e. The second-order valence-corrected chi connectivity index (χ2v) is 11.0. The van der Waals surface area contributed by atoms with Crippen LogP contribution in [0.1, 0.15) is 38.5 Å². The van der Waals surface area contributed by atoms with Gasteiger partial charge in [-0.05, 0) is 68.4 Å². The van der Waals surface area contributed by atoms with Gasteiger partial charge in [0.1, 0.15) is 0 Å². The molecule has 6 heteroatoms. The molecular weight excluding hydrogens is 394 g/mol. The van der Waals surface area contributed by atoms with E-state index in [4.69, 9.17) is 0 Å². The van der Waals surface area contributed by atoms with Crippen molar-refractivity contribution in [2.45, 2.75) is 43.4 Å². The highest BCUT2D eigenvalue weighted by molar-refractivity contribution is 7.99. The van der Waals surface area contributed by atoms with Crippen molar-refractivity contribution in [3.63, 3.8) is 0 Å². The lowest BCUT2D eigenvalue weighted by molar-refractivity contribution is -0.159. The van der Waals surface area contributed by atoms with Crippen LogP contribution in [-0.2, 0) is 4.79 Å². The number of nitrogens with one attached hydrogen (secondary N) is 1. The molecule has 1 aromatic rings. The maximum atomic E-state index is 13.5.